The Morgan fingerprint density at radius 3 is 2.65 bits per heavy atom. The lowest BCUT2D eigenvalue weighted by molar-refractivity contribution is 0.0991. The van der Waals surface area contributed by atoms with Gasteiger partial charge in [0.1, 0.15) is 5.01 Å². The molecule has 0 fully saturated rings. The van der Waals surface area contributed by atoms with Gasteiger partial charge < -0.3 is 4.90 Å². The van der Waals surface area contributed by atoms with Crippen LogP contribution in [0.25, 0.3) is 21.0 Å². The SMILES string of the molecule is O=C1c2cccc3cccc(c23)N1Cc1nc2ccccc2s1. The molecule has 4 aromatic rings. The van der Waals surface area contributed by atoms with Gasteiger partial charge in [0.05, 0.1) is 22.4 Å². The molecule has 0 radical (unpaired) electrons. The van der Waals surface area contributed by atoms with Crippen molar-refractivity contribution >= 4 is 43.9 Å². The van der Waals surface area contributed by atoms with Crippen molar-refractivity contribution in [3.63, 3.8) is 0 Å². The van der Waals surface area contributed by atoms with Crippen LogP contribution in [-0.4, -0.2) is 10.9 Å². The number of hydrogen-bond donors (Lipinski definition) is 0. The van der Waals surface area contributed by atoms with Gasteiger partial charge in [0.15, 0.2) is 0 Å². The lowest BCUT2D eigenvalue weighted by Crippen LogP contribution is -2.25. The number of amides is 1. The van der Waals surface area contributed by atoms with Crippen LogP contribution in [0, 0.1) is 0 Å². The second kappa shape index (κ2) is 4.64. The Labute approximate surface area is 136 Å². The molecule has 0 aliphatic carbocycles. The molecule has 0 spiro atoms. The molecule has 5 rings (SSSR count). The average Bonchev–Trinajstić information content (AvgIpc) is 3.11. The molecule has 0 N–H and O–H groups in total. The predicted molar refractivity (Wildman–Crippen MR) is 94.1 cm³/mol. The van der Waals surface area contributed by atoms with E-state index in [9.17, 15) is 4.79 Å². The van der Waals surface area contributed by atoms with E-state index in [1.807, 2.05) is 47.4 Å². The number of para-hydroxylation sites is 1. The smallest absolute Gasteiger partial charge is 0.259 e. The van der Waals surface area contributed by atoms with Crippen LogP contribution in [0.15, 0.2) is 60.7 Å². The highest BCUT2D eigenvalue weighted by molar-refractivity contribution is 7.18. The molecule has 1 aromatic heterocycles. The second-order valence-corrected chi connectivity index (χ2v) is 6.76. The van der Waals surface area contributed by atoms with Gasteiger partial charge in [0, 0.05) is 10.9 Å². The summed E-state index contributed by atoms with van der Waals surface area (Å²) < 4.78 is 1.16. The van der Waals surface area contributed by atoms with Crippen molar-refractivity contribution in [2.24, 2.45) is 0 Å². The van der Waals surface area contributed by atoms with E-state index in [1.165, 1.54) is 0 Å². The molecule has 4 heteroatoms. The number of benzene rings is 3. The quantitative estimate of drug-likeness (QED) is 0.541. The summed E-state index contributed by atoms with van der Waals surface area (Å²) in [6, 6.07) is 20.1. The highest BCUT2D eigenvalue weighted by atomic mass is 32.1. The average molecular weight is 316 g/mol. The van der Waals surface area contributed by atoms with Gasteiger partial charge in [-0.1, -0.05) is 36.4 Å². The zero-order chi connectivity index (χ0) is 15.4. The predicted octanol–water partition coefficient (Wildman–Crippen LogP) is 4.61. The lowest BCUT2D eigenvalue weighted by atomic mass is 10.1. The molecule has 3 nitrogen and oxygen atoms in total. The fourth-order valence-electron chi connectivity index (χ4n) is 3.26. The molecule has 0 saturated carbocycles. The summed E-state index contributed by atoms with van der Waals surface area (Å²) in [5.74, 6) is 0.0658. The number of hydrogen-bond acceptors (Lipinski definition) is 3. The van der Waals surface area contributed by atoms with E-state index < -0.39 is 0 Å². The summed E-state index contributed by atoms with van der Waals surface area (Å²) in [4.78, 5) is 19.3. The van der Waals surface area contributed by atoms with Gasteiger partial charge >= 0.3 is 0 Å². The summed E-state index contributed by atoms with van der Waals surface area (Å²) in [7, 11) is 0. The van der Waals surface area contributed by atoms with E-state index in [4.69, 9.17) is 0 Å². The molecule has 110 valence electrons. The number of nitrogens with zero attached hydrogens (tertiary/aromatic N) is 2. The standard InChI is InChI=1S/C19H12N2OS/c22-19-13-7-3-5-12-6-4-9-15(18(12)13)21(19)11-17-20-14-8-1-2-10-16(14)23-17/h1-10H,11H2. The topological polar surface area (TPSA) is 33.2 Å². The van der Waals surface area contributed by atoms with Crippen molar-refractivity contribution in [2.75, 3.05) is 4.90 Å². The molecule has 3 aromatic carbocycles. The van der Waals surface area contributed by atoms with Crippen LogP contribution in [0.2, 0.25) is 0 Å². The highest BCUT2D eigenvalue weighted by Gasteiger charge is 2.30. The summed E-state index contributed by atoms with van der Waals surface area (Å²) in [6.45, 7) is 0.520. The minimum absolute atomic E-state index is 0.0658. The van der Waals surface area contributed by atoms with E-state index in [2.05, 4.69) is 23.2 Å². The molecule has 0 bridgehead atoms. The Bertz CT molecular complexity index is 1040. The van der Waals surface area contributed by atoms with E-state index in [1.54, 1.807) is 11.3 Å². The monoisotopic (exact) mass is 316 g/mol. The van der Waals surface area contributed by atoms with E-state index in [0.717, 1.165) is 37.2 Å². The lowest BCUT2D eigenvalue weighted by Gasteiger charge is -2.15. The normalized spacial score (nSPS) is 13.4. The molecule has 1 aliphatic rings. The van der Waals surface area contributed by atoms with Crippen molar-refractivity contribution in [1.29, 1.82) is 0 Å². The first-order valence-corrected chi connectivity index (χ1v) is 8.31. The Balaban J connectivity index is 1.62. The van der Waals surface area contributed by atoms with E-state index >= 15 is 0 Å². The molecule has 2 heterocycles. The minimum Gasteiger partial charge on any atom is -0.301 e. The summed E-state index contributed by atoms with van der Waals surface area (Å²) in [6.07, 6.45) is 0. The molecule has 0 atom stereocenters. The fourth-order valence-corrected chi connectivity index (χ4v) is 4.22. The van der Waals surface area contributed by atoms with Crippen molar-refractivity contribution in [3.8, 4) is 0 Å². The van der Waals surface area contributed by atoms with Crippen LogP contribution >= 0.6 is 11.3 Å². The van der Waals surface area contributed by atoms with Gasteiger partial charge in [0.25, 0.3) is 5.91 Å². The van der Waals surface area contributed by atoms with Crippen LogP contribution in [0.1, 0.15) is 15.4 Å². The summed E-state index contributed by atoms with van der Waals surface area (Å²) in [5.41, 5.74) is 2.77. The molecule has 23 heavy (non-hydrogen) atoms. The summed E-state index contributed by atoms with van der Waals surface area (Å²) in [5, 5.41) is 3.13. The van der Waals surface area contributed by atoms with E-state index in [0.29, 0.717) is 6.54 Å². The minimum atomic E-state index is 0.0658. The van der Waals surface area contributed by atoms with Crippen molar-refractivity contribution < 1.29 is 4.79 Å². The zero-order valence-electron chi connectivity index (χ0n) is 12.2. The maximum absolute atomic E-state index is 12.8. The molecule has 0 unspecified atom stereocenters. The number of aromatic nitrogens is 1. The number of anilines is 1. The third-order valence-electron chi connectivity index (χ3n) is 4.28. The van der Waals surface area contributed by atoms with Gasteiger partial charge in [-0.15, -0.1) is 11.3 Å². The first-order chi connectivity index (χ1) is 11.3. The number of fused-ring (bicyclic) bond motifs is 1. The molecular weight excluding hydrogens is 304 g/mol. The highest BCUT2D eigenvalue weighted by Crippen LogP contribution is 2.38. The van der Waals surface area contributed by atoms with Gasteiger partial charge in [-0.25, -0.2) is 4.98 Å². The van der Waals surface area contributed by atoms with Crippen LogP contribution in [0.5, 0.6) is 0 Å². The van der Waals surface area contributed by atoms with Crippen LogP contribution in [-0.2, 0) is 6.54 Å². The van der Waals surface area contributed by atoms with Gasteiger partial charge in [0.2, 0.25) is 0 Å². The second-order valence-electron chi connectivity index (χ2n) is 5.65. The Morgan fingerprint density at radius 1 is 0.957 bits per heavy atom. The van der Waals surface area contributed by atoms with Gasteiger partial charge in [-0.2, -0.15) is 0 Å². The number of rotatable bonds is 2. The third-order valence-corrected chi connectivity index (χ3v) is 5.30. The van der Waals surface area contributed by atoms with Crippen molar-refractivity contribution in [3.05, 3.63) is 71.2 Å². The summed E-state index contributed by atoms with van der Waals surface area (Å²) >= 11 is 1.65. The first kappa shape index (κ1) is 12.8. The van der Waals surface area contributed by atoms with Crippen LogP contribution in [0.4, 0.5) is 5.69 Å². The Morgan fingerprint density at radius 2 is 1.78 bits per heavy atom. The van der Waals surface area contributed by atoms with Gasteiger partial charge in [-0.05, 0) is 29.7 Å². The number of thiazole rings is 1. The van der Waals surface area contributed by atoms with Gasteiger partial charge in [-0.3, -0.25) is 4.79 Å². The molecular formula is C19H12N2OS. The number of carbonyl (C=O) groups is 1. The maximum atomic E-state index is 12.8. The third kappa shape index (κ3) is 1.82. The zero-order valence-corrected chi connectivity index (χ0v) is 13.0. The fraction of sp³-hybridized carbons (Fsp3) is 0.0526. The van der Waals surface area contributed by atoms with Crippen LogP contribution < -0.4 is 4.90 Å². The number of carbonyl (C=O) groups excluding carboxylic acids is 1. The Kier molecular flexibility index (Phi) is 2.58. The van der Waals surface area contributed by atoms with Crippen LogP contribution in [0.3, 0.4) is 0 Å². The largest absolute Gasteiger partial charge is 0.301 e. The van der Waals surface area contributed by atoms with Crippen molar-refractivity contribution in [2.45, 2.75) is 6.54 Å². The Hall–Kier alpha value is -2.72. The molecule has 1 amide bonds. The molecule has 1 aliphatic heterocycles. The molecule has 0 saturated heterocycles. The van der Waals surface area contributed by atoms with E-state index in [-0.39, 0.29) is 5.91 Å². The maximum Gasteiger partial charge on any atom is 0.259 e. The first-order valence-electron chi connectivity index (χ1n) is 7.49. The van der Waals surface area contributed by atoms with Crippen molar-refractivity contribution in [1.82, 2.24) is 4.98 Å².